The van der Waals surface area contributed by atoms with Crippen LogP contribution in [0.3, 0.4) is 0 Å². The number of aryl methyl sites for hydroxylation is 1. The number of anilines is 1. The van der Waals surface area contributed by atoms with Gasteiger partial charge < -0.3 is 40.4 Å². The Kier molecular flexibility index (Phi) is 8.03. The van der Waals surface area contributed by atoms with Crippen molar-refractivity contribution in [2.24, 2.45) is 7.05 Å². The van der Waals surface area contributed by atoms with Gasteiger partial charge in [-0.15, -0.1) is 0 Å². The molecule has 0 spiro atoms. The fraction of sp³-hybridized carbons (Fsp3) is 0.577. The third kappa shape index (κ3) is 5.39. The van der Waals surface area contributed by atoms with Gasteiger partial charge in [0.15, 0.2) is 12.3 Å². The van der Waals surface area contributed by atoms with Crippen LogP contribution < -0.4 is 11.1 Å². The number of rotatable bonds is 8. The molecule has 14 nitrogen and oxygen atoms in total. The van der Waals surface area contributed by atoms with Gasteiger partial charge in [-0.1, -0.05) is 0 Å². The van der Waals surface area contributed by atoms with Crippen molar-refractivity contribution in [2.75, 3.05) is 39.0 Å². The highest BCUT2D eigenvalue weighted by atomic mass is 16.6. The largest absolute Gasteiger partial charge is 0.387 e. The smallest absolute Gasteiger partial charge is 0.254 e. The summed E-state index contributed by atoms with van der Waals surface area (Å²) in [6, 6.07) is 1.78. The van der Waals surface area contributed by atoms with Crippen LogP contribution in [0.5, 0.6) is 0 Å². The summed E-state index contributed by atoms with van der Waals surface area (Å²) in [5.41, 5.74) is 7.87. The van der Waals surface area contributed by atoms with E-state index in [9.17, 15) is 19.8 Å². The zero-order valence-electron chi connectivity index (χ0n) is 23.0. The van der Waals surface area contributed by atoms with Crippen LogP contribution >= 0.6 is 0 Å². The average Bonchev–Trinajstić information content (AvgIpc) is 3.61. The Bertz CT molecular complexity index is 1370. The zero-order chi connectivity index (χ0) is 28.6. The molecule has 0 saturated carbocycles. The summed E-state index contributed by atoms with van der Waals surface area (Å²) in [6.07, 6.45) is 1.67. The fourth-order valence-electron chi connectivity index (χ4n) is 5.61. The van der Waals surface area contributed by atoms with Gasteiger partial charge in [-0.3, -0.25) is 14.3 Å². The summed E-state index contributed by atoms with van der Waals surface area (Å²) in [6.45, 7) is 3.95. The summed E-state index contributed by atoms with van der Waals surface area (Å²) in [5.74, 6) is -0.286. The summed E-state index contributed by atoms with van der Waals surface area (Å²) in [4.78, 5) is 37.7. The lowest BCUT2D eigenvalue weighted by molar-refractivity contribution is -0.152. The maximum absolute atomic E-state index is 13.9. The second-order valence-electron chi connectivity index (χ2n) is 10.6. The van der Waals surface area contributed by atoms with E-state index in [1.54, 1.807) is 33.6 Å². The van der Waals surface area contributed by atoms with Gasteiger partial charge in [0, 0.05) is 51.1 Å². The standard InChI is InChI=1S/C26H37N9O5/c1-15(36)28-8-4-9-34(16-5-10-32(2)11-6-16)25(39)22-20(37)21(38)26(40-22)35-13-17(18-7-12-33(3)31-18)19-23(27)29-14-30-24(19)35/h7,12-14,16,20-22,26,37-38H,4-6,8-11H2,1-3H3,(H,28,36)(H2,27,29,30)/t20-,21+,22-,26+/m0/s1. The molecule has 2 amide bonds. The Balaban J connectivity index is 1.43. The monoisotopic (exact) mass is 555 g/mol. The minimum Gasteiger partial charge on any atom is -0.387 e. The number of nitrogens with zero attached hydrogens (tertiary/aromatic N) is 7. The average molecular weight is 556 g/mol. The first-order chi connectivity index (χ1) is 19.2. The first kappa shape index (κ1) is 28.0. The minimum absolute atomic E-state index is 0.0382. The highest BCUT2D eigenvalue weighted by Crippen LogP contribution is 2.38. The molecule has 40 heavy (non-hydrogen) atoms. The van der Waals surface area contributed by atoms with Crippen molar-refractivity contribution in [1.29, 1.82) is 0 Å². The van der Waals surface area contributed by atoms with Gasteiger partial charge in [0.05, 0.1) is 11.1 Å². The molecule has 216 valence electrons. The first-order valence-electron chi connectivity index (χ1n) is 13.5. The molecule has 0 aromatic carbocycles. The number of hydrogen-bond acceptors (Lipinski definition) is 10. The minimum atomic E-state index is -1.46. The van der Waals surface area contributed by atoms with E-state index in [1.165, 1.54) is 13.3 Å². The number of aliphatic hydroxyl groups excluding tert-OH is 2. The summed E-state index contributed by atoms with van der Waals surface area (Å²) in [7, 11) is 3.84. The fourth-order valence-corrected chi connectivity index (χ4v) is 5.61. The van der Waals surface area contributed by atoms with Crippen LogP contribution in [-0.4, -0.2) is 114 Å². The van der Waals surface area contributed by atoms with E-state index in [0.29, 0.717) is 41.8 Å². The van der Waals surface area contributed by atoms with Crippen LogP contribution in [0.15, 0.2) is 24.8 Å². The van der Waals surface area contributed by atoms with E-state index < -0.39 is 24.5 Å². The highest BCUT2D eigenvalue weighted by Gasteiger charge is 2.49. The number of likely N-dealkylation sites (tertiary alicyclic amines) is 1. The lowest BCUT2D eigenvalue weighted by atomic mass is 10.0. The van der Waals surface area contributed by atoms with Crippen LogP contribution in [0.2, 0.25) is 0 Å². The second-order valence-corrected chi connectivity index (χ2v) is 10.6. The van der Waals surface area contributed by atoms with Gasteiger partial charge >= 0.3 is 0 Å². The molecule has 0 aliphatic carbocycles. The van der Waals surface area contributed by atoms with Crippen molar-refractivity contribution in [2.45, 2.75) is 56.8 Å². The molecule has 3 aromatic rings. The van der Waals surface area contributed by atoms with Crippen LogP contribution in [0.1, 0.15) is 32.4 Å². The topological polar surface area (TPSA) is 177 Å². The normalized spacial score (nSPS) is 24.0. The van der Waals surface area contributed by atoms with Crippen LogP contribution in [-0.2, 0) is 21.4 Å². The molecule has 0 bridgehead atoms. The van der Waals surface area contributed by atoms with E-state index >= 15 is 0 Å². The van der Waals surface area contributed by atoms with Crippen LogP contribution in [0.25, 0.3) is 22.3 Å². The molecule has 2 aliphatic rings. The number of piperidine rings is 1. The van der Waals surface area contributed by atoms with Gasteiger partial charge in [-0.05, 0) is 45.5 Å². The number of aromatic nitrogens is 5. The Labute approximate surface area is 231 Å². The van der Waals surface area contributed by atoms with Crippen molar-refractivity contribution in [3.8, 4) is 11.3 Å². The number of fused-ring (bicyclic) bond motifs is 1. The molecule has 5 N–H and O–H groups in total. The summed E-state index contributed by atoms with van der Waals surface area (Å²) >= 11 is 0. The van der Waals surface area contributed by atoms with Crippen molar-refractivity contribution in [3.05, 3.63) is 24.8 Å². The molecule has 3 aromatic heterocycles. The predicted octanol–water partition coefficient (Wildman–Crippen LogP) is -0.518. The van der Waals surface area contributed by atoms with Crippen LogP contribution in [0, 0.1) is 0 Å². The molecular formula is C26H37N9O5. The molecular weight excluding hydrogens is 518 g/mol. The number of hydrogen-bond donors (Lipinski definition) is 4. The van der Waals surface area contributed by atoms with Crippen molar-refractivity contribution < 1.29 is 24.5 Å². The second kappa shape index (κ2) is 11.5. The van der Waals surface area contributed by atoms with Crippen molar-refractivity contribution in [3.63, 3.8) is 0 Å². The number of nitrogen functional groups attached to an aromatic ring is 1. The van der Waals surface area contributed by atoms with Crippen molar-refractivity contribution >= 4 is 28.7 Å². The van der Waals surface area contributed by atoms with Gasteiger partial charge in [-0.2, -0.15) is 5.10 Å². The van der Waals surface area contributed by atoms with E-state index in [-0.39, 0.29) is 23.7 Å². The highest BCUT2D eigenvalue weighted by molar-refractivity contribution is 5.99. The molecule has 4 atom stereocenters. The number of carbonyl (C=O) groups is 2. The number of aliphatic hydroxyl groups is 2. The molecule has 5 heterocycles. The SMILES string of the molecule is CC(=O)NCCCN(C(=O)[C@H]1O[C@@H](n2cc(-c3ccn(C)n3)c3c(N)ncnc32)[C@H](O)[C@@H]1O)C1CCN(C)CC1. The van der Waals surface area contributed by atoms with Gasteiger partial charge in [0.2, 0.25) is 5.91 Å². The first-order valence-corrected chi connectivity index (χ1v) is 13.5. The van der Waals surface area contributed by atoms with Crippen LogP contribution in [0.4, 0.5) is 5.82 Å². The molecule has 2 aliphatic heterocycles. The number of ether oxygens (including phenoxy) is 1. The molecule has 2 fully saturated rings. The number of nitrogens with two attached hydrogens (primary N) is 1. The Morgan fingerprint density at radius 1 is 1.20 bits per heavy atom. The number of amides is 2. The molecule has 14 heteroatoms. The van der Waals surface area contributed by atoms with Crippen molar-refractivity contribution in [1.82, 2.24) is 39.4 Å². The molecule has 5 rings (SSSR count). The third-order valence-corrected chi connectivity index (χ3v) is 7.75. The number of carbonyl (C=O) groups excluding carboxylic acids is 2. The predicted molar refractivity (Wildman–Crippen MR) is 146 cm³/mol. The van der Waals surface area contributed by atoms with E-state index in [1.807, 2.05) is 13.1 Å². The third-order valence-electron chi connectivity index (χ3n) is 7.75. The van der Waals surface area contributed by atoms with Gasteiger partial charge in [0.25, 0.3) is 5.91 Å². The maximum atomic E-state index is 13.9. The summed E-state index contributed by atoms with van der Waals surface area (Å²) < 4.78 is 9.37. The zero-order valence-corrected chi connectivity index (χ0v) is 23.0. The summed E-state index contributed by atoms with van der Waals surface area (Å²) in [5, 5.41) is 30.0. The maximum Gasteiger partial charge on any atom is 0.254 e. The molecule has 2 saturated heterocycles. The van der Waals surface area contributed by atoms with E-state index in [4.69, 9.17) is 10.5 Å². The van der Waals surface area contributed by atoms with E-state index in [2.05, 4.69) is 25.3 Å². The Hall–Kier alpha value is -3.59. The lowest BCUT2D eigenvalue weighted by Gasteiger charge is -2.38. The molecule has 0 radical (unpaired) electrons. The van der Waals surface area contributed by atoms with E-state index in [0.717, 1.165) is 25.9 Å². The number of nitrogens with one attached hydrogen (secondary N) is 1. The lowest BCUT2D eigenvalue weighted by Crippen LogP contribution is -2.52. The van der Waals surface area contributed by atoms with Gasteiger partial charge in [0.1, 0.15) is 30.0 Å². The Morgan fingerprint density at radius 2 is 1.95 bits per heavy atom. The Morgan fingerprint density at radius 3 is 2.62 bits per heavy atom. The quantitative estimate of drug-likeness (QED) is 0.265. The molecule has 0 unspecified atom stereocenters. The van der Waals surface area contributed by atoms with Gasteiger partial charge in [-0.25, -0.2) is 9.97 Å².